The largest absolute Gasteiger partial charge is 0.508 e. The Hall–Kier alpha value is -2.94. The van der Waals surface area contributed by atoms with Gasteiger partial charge in [0.2, 0.25) is 0 Å². The van der Waals surface area contributed by atoms with Crippen molar-refractivity contribution in [2.24, 2.45) is 5.73 Å². The van der Waals surface area contributed by atoms with Crippen molar-refractivity contribution >= 4 is 17.4 Å². The lowest BCUT2D eigenvalue weighted by Crippen LogP contribution is -2.61. The SMILES string of the molecule is Cc1ccc(C[C@]2([C@@H](O)C(=O)Nc3ccc(C(=N)N)cc3)CNCCO2)cc1O. The molecule has 154 valence electrons. The lowest BCUT2D eigenvalue weighted by Gasteiger charge is -2.40. The van der Waals surface area contributed by atoms with Crippen molar-refractivity contribution in [3.63, 3.8) is 0 Å². The van der Waals surface area contributed by atoms with Gasteiger partial charge in [0.15, 0.2) is 6.10 Å². The van der Waals surface area contributed by atoms with E-state index in [1.165, 1.54) is 0 Å². The minimum Gasteiger partial charge on any atom is -0.508 e. The van der Waals surface area contributed by atoms with Gasteiger partial charge in [0.05, 0.1) is 6.61 Å². The molecule has 7 N–H and O–H groups in total. The summed E-state index contributed by atoms with van der Waals surface area (Å²) in [5, 5.41) is 34.2. The van der Waals surface area contributed by atoms with Crippen LogP contribution in [0.1, 0.15) is 16.7 Å². The van der Waals surface area contributed by atoms with Gasteiger partial charge in [-0.1, -0.05) is 12.1 Å². The number of aryl methyl sites for hydroxylation is 1. The normalized spacial score (nSPS) is 20.1. The molecule has 8 heteroatoms. The number of hydrogen-bond acceptors (Lipinski definition) is 6. The van der Waals surface area contributed by atoms with Crippen LogP contribution in [0.3, 0.4) is 0 Å². The molecular weight excluding hydrogens is 372 g/mol. The second-order valence-corrected chi connectivity index (χ2v) is 7.27. The highest BCUT2D eigenvalue weighted by Crippen LogP contribution is 2.28. The standard InChI is InChI=1S/C21H26N4O4/c1-13-2-3-14(10-17(13)26)11-21(12-24-8-9-29-21)18(27)20(28)25-16-6-4-15(5-7-16)19(22)23/h2-7,10,18,24,26-27H,8-9,11-12H2,1H3,(H3,22,23)(H,25,28)/t18-,21+/m0/s1. The average Bonchev–Trinajstić information content (AvgIpc) is 2.71. The second-order valence-electron chi connectivity index (χ2n) is 7.27. The first-order chi connectivity index (χ1) is 13.8. The molecule has 0 aliphatic carbocycles. The number of nitrogen functional groups attached to an aromatic ring is 1. The van der Waals surface area contributed by atoms with Crippen LogP contribution in [0, 0.1) is 12.3 Å². The molecule has 3 rings (SSSR count). The molecule has 0 spiro atoms. The zero-order valence-corrected chi connectivity index (χ0v) is 16.2. The number of amides is 1. The Balaban J connectivity index is 1.78. The molecule has 0 radical (unpaired) electrons. The molecule has 29 heavy (non-hydrogen) atoms. The van der Waals surface area contributed by atoms with Gasteiger partial charge in [0.25, 0.3) is 5.91 Å². The smallest absolute Gasteiger partial charge is 0.256 e. The van der Waals surface area contributed by atoms with Gasteiger partial charge in [-0.2, -0.15) is 0 Å². The van der Waals surface area contributed by atoms with Crippen LogP contribution in [-0.2, 0) is 16.0 Å². The Labute approximate surface area is 169 Å². The lowest BCUT2D eigenvalue weighted by atomic mass is 9.86. The first-order valence-electron chi connectivity index (χ1n) is 9.37. The van der Waals surface area contributed by atoms with Crippen LogP contribution in [0.5, 0.6) is 5.75 Å². The molecule has 2 atom stereocenters. The Kier molecular flexibility index (Phi) is 6.17. The van der Waals surface area contributed by atoms with Gasteiger partial charge < -0.3 is 31.3 Å². The number of nitrogens with one attached hydrogen (secondary N) is 3. The van der Waals surface area contributed by atoms with Gasteiger partial charge in [-0.3, -0.25) is 10.2 Å². The minimum atomic E-state index is -1.44. The number of morpholine rings is 1. The lowest BCUT2D eigenvalue weighted by molar-refractivity contribution is -0.157. The van der Waals surface area contributed by atoms with Crippen LogP contribution in [0.25, 0.3) is 0 Å². The maximum atomic E-state index is 12.8. The first-order valence-corrected chi connectivity index (χ1v) is 9.37. The van der Waals surface area contributed by atoms with Crippen LogP contribution >= 0.6 is 0 Å². The molecule has 2 aromatic rings. The number of anilines is 1. The number of nitrogens with two attached hydrogens (primary N) is 1. The van der Waals surface area contributed by atoms with Crippen LogP contribution in [-0.4, -0.2) is 53.4 Å². The number of aromatic hydroxyl groups is 1. The number of carbonyl (C=O) groups is 1. The molecule has 0 unspecified atom stereocenters. The first kappa shape index (κ1) is 20.8. The van der Waals surface area contributed by atoms with E-state index in [2.05, 4.69) is 10.6 Å². The number of phenolic OH excluding ortho intramolecular Hbond substituents is 1. The summed E-state index contributed by atoms with van der Waals surface area (Å²) in [5.74, 6) is -0.503. The average molecular weight is 398 g/mol. The third-order valence-electron chi connectivity index (χ3n) is 5.08. The Morgan fingerprint density at radius 2 is 2.07 bits per heavy atom. The molecule has 1 aliphatic heterocycles. The summed E-state index contributed by atoms with van der Waals surface area (Å²) in [6, 6.07) is 11.7. The number of ether oxygens (including phenoxy) is 1. The van der Waals surface area contributed by atoms with Crippen molar-refractivity contribution in [2.45, 2.75) is 25.0 Å². The number of aliphatic hydroxyl groups is 1. The highest BCUT2D eigenvalue weighted by atomic mass is 16.5. The third-order valence-corrected chi connectivity index (χ3v) is 5.08. The summed E-state index contributed by atoms with van der Waals surface area (Å²) in [6.07, 6.45) is -1.18. The topological polar surface area (TPSA) is 141 Å². The molecule has 2 aromatic carbocycles. The van der Waals surface area contributed by atoms with Gasteiger partial charge in [-0.05, 0) is 48.4 Å². The second kappa shape index (κ2) is 8.60. The van der Waals surface area contributed by atoms with E-state index in [4.69, 9.17) is 15.9 Å². The zero-order valence-electron chi connectivity index (χ0n) is 16.2. The van der Waals surface area contributed by atoms with E-state index in [-0.39, 0.29) is 18.0 Å². The maximum Gasteiger partial charge on any atom is 0.256 e. The van der Waals surface area contributed by atoms with Gasteiger partial charge in [0.1, 0.15) is 17.2 Å². The van der Waals surface area contributed by atoms with E-state index in [0.29, 0.717) is 30.9 Å². The molecular formula is C21H26N4O4. The fourth-order valence-electron chi connectivity index (χ4n) is 3.36. The summed E-state index contributed by atoms with van der Waals surface area (Å²) in [5.41, 5.74) is 6.80. The molecule has 0 aromatic heterocycles. The summed E-state index contributed by atoms with van der Waals surface area (Å²) < 4.78 is 5.91. The zero-order chi connectivity index (χ0) is 21.0. The van der Waals surface area contributed by atoms with Crippen LogP contribution in [0.15, 0.2) is 42.5 Å². The number of amidine groups is 1. The molecule has 1 amide bonds. The highest BCUT2D eigenvalue weighted by Gasteiger charge is 2.44. The Morgan fingerprint density at radius 3 is 2.66 bits per heavy atom. The number of phenols is 1. The van der Waals surface area contributed by atoms with Crippen molar-refractivity contribution in [3.8, 4) is 5.75 Å². The summed E-state index contributed by atoms with van der Waals surface area (Å²) in [7, 11) is 0. The number of carbonyl (C=O) groups excluding carboxylic acids is 1. The van der Waals surface area contributed by atoms with E-state index in [1.54, 1.807) is 43.3 Å². The molecule has 8 nitrogen and oxygen atoms in total. The minimum absolute atomic E-state index is 0.0649. The van der Waals surface area contributed by atoms with Crippen LogP contribution in [0.2, 0.25) is 0 Å². The van der Waals surface area contributed by atoms with Gasteiger partial charge in [-0.15, -0.1) is 0 Å². The van der Waals surface area contributed by atoms with Gasteiger partial charge >= 0.3 is 0 Å². The molecule has 0 saturated carbocycles. The number of hydrogen-bond donors (Lipinski definition) is 6. The summed E-state index contributed by atoms with van der Waals surface area (Å²) in [4.78, 5) is 12.8. The van der Waals surface area contributed by atoms with Crippen molar-refractivity contribution in [3.05, 3.63) is 59.2 Å². The molecule has 1 heterocycles. The Morgan fingerprint density at radius 1 is 1.34 bits per heavy atom. The highest BCUT2D eigenvalue weighted by molar-refractivity contribution is 5.97. The molecule has 1 saturated heterocycles. The van der Waals surface area contributed by atoms with E-state index >= 15 is 0 Å². The van der Waals surface area contributed by atoms with Crippen LogP contribution in [0.4, 0.5) is 5.69 Å². The van der Waals surface area contributed by atoms with Crippen molar-refractivity contribution < 1.29 is 19.7 Å². The van der Waals surface area contributed by atoms with Crippen LogP contribution < -0.4 is 16.4 Å². The van der Waals surface area contributed by atoms with Crippen molar-refractivity contribution in [1.82, 2.24) is 5.32 Å². The monoisotopic (exact) mass is 398 g/mol. The number of aliphatic hydroxyl groups excluding tert-OH is 1. The predicted octanol–water partition coefficient (Wildman–Crippen LogP) is 0.885. The molecule has 1 fully saturated rings. The predicted molar refractivity (Wildman–Crippen MR) is 110 cm³/mol. The van der Waals surface area contributed by atoms with E-state index < -0.39 is 17.6 Å². The van der Waals surface area contributed by atoms with Crippen molar-refractivity contribution in [1.29, 1.82) is 5.41 Å². The van der Waals surface area contributed by atoms with Crippen molar-refractivity contribution in [2.75, 3.05) is 25.0 Å². The Bertz CT molecular complexity index is 892. The maximum absolute atomic E-state index is 12.8. The van der Waals surface area contributed by atoms with E-state index in [1.807, 2.05) is 6.07 Å². The number of benzene rings is 2. The van der Waals surface area contributed by atoms with Gasteiger partial charge in [0, 0.05) is 30.8 Å². The van der Waals surface area contributed by atoms with E-state index in [9.17, 15) is 15.0 Å². The fourth-order valence-corrected chi connectivity index (χ4v) is 3.36. The molecule has 0 bridgehead atoms. The quantitative estimate of drug-likeness (QED) is 0.315. The molecule has 1 aliphatic rings. The van der Waals surface area contributed by atoms with Gasteiger partial charge in [-0.25, -0.2) is 0 Å². The van der Waals surface area contributed by atoms with E-state index in [0.717, 1.165) is 11.1 Å². The fraction of sp³-hybridized carbons (Fsp3) is 0.333. The number of rotatable bonds is 6. The summed E-state index contributed by atoms with van der Waals surface area (Å²) in [6.45, 7) is 3.07. The third kappa shape index (κ3) is 4.73. The summed E-state index contributed by atoms with van der Waals surface area (Å²) >= 11 is 0.